The number of rotatable bonds is 0. The Balaban J connectivity index is 3.13. The van der Waals surface area contributed by atoms with Crippen molar-refractivity contribution in [3.63, 3.8) is 0 Å². The lowest BCUT2D eigenvalue weighted by Gasteiger charge is -2.61. The van der Waals surface area contributed by atoms with Crippen molar-refractivity contribution in [1.82, 2.24) is 0 Å². The van der Waals surface area contributed by atoms with Crippen molar-refractivity contribution in [2.45, 2.75) is 66.8 Å². The molecule has 14 heavy (non-hydrogen) atoms. The molecule has 1 nitrogen and oxygen atoms in total. The highest BCUT2D eigenvalue weighted by Crippen LogP contribution is 2.61. The molecule has 84 valence electrons. The van der Waals surface area contributed by atoms with Crippen molar-refractivity contribution >= 4 is 0 Å². The van der Waals surface area contributed by atoms with E-state index >= 15 is 0 Å². The Kier molecular flexibility index (Phi) is 2.36. The second-order valence-electron chi connectivity index (χ2n) is 7.40. The highest BCUT2D eigenvalue weighted by molar-refractivity contribution is 5.07. The molecular formula is C13H27N. The van der Waals surface area contributed by atoms with Crippen LogP contribution in [0.15, 0.2) is 0 Å². The first-order chi connectivity index (χ1) is 5.91. The normalized spacial score (nSPS) is 32.6. The smallest absolute Gasteiger partial charge is 0.0136 e. The van der Waals surface area contributed by atoms with E-state index in [0.29, 0.717) is 16.2 Å². The van der Waals surface area contributed by atoms with Crippen LogP contribution in [-0.2, 0) is 0 Å². The quantitative estimate of drug-likeness (QED) is 0.631. The van der Waals surface area contributed by atoms with Gasteiger partial charge in [0.2, 0.25) is 0 Å². The Bertz CT molecular complexity index is 212. The van der Waals surface area contributed by atoms with Crippen LogP contribution in [0.2, 0.25) is 0 Å². The second kappa shape index (κ2) is 2.75. The first-order valence-corrected chi connectivity index (χ1v) is 5.70. The summed E-state index contributed by atoms with van der Waals surface area (Å²) in [4.78, 5) is 0. The van der Waals surface area contributed by atoms with Crippen LogP contribution in [-0.4, -0.2) is 5.54 Å². The van der Waals surface area contributed by atoms with Gasteiger partial charge in [-0.1, -0.05) is 41.5 Å². The molecule has 0 atom stereocenters. The summed E-state index contributed by atoms with van der Waals surface area (Å²) >= 11 is 0. The first-order valence-electron chi connectivity index (χ1n) is 5.70. The van der Waals surface area contributed by atoms with Gasteiger partial charge in [-0.2, -0.15) is 0 Å². The van der Waals surface area contributed by atoms with E-state index in [1.165, 1.54) is 0 Å². The lowest BCUT2D eigenvalue weighted by atomic mass is 9.45. The Morgan fingerprint density at radius 2 is 1.00 bits per heavy atom. The maximum Gasteiger partial charge on any atom is 0.0136 e. The maximum absolute atomic E-state index is 6.35. The summed E-state index contributed by atoms with van der Waals surface area (Å²) in [6, 6.07) is 0. The molecule has 0 aromatic carbocycles. The molecule has 1 aliphatic carbocycles. The standard InChI is InChI=1S/C13H27N/c1-10(2)8-13(7,14)9-11(3,4)12(10,5)6/h8-9,14H2,1-7H3. The number of nitrogens with two attached hydrogens (primary N) is 1. The third kappa shape index (κ3) is 1.60. The predicted molar refractivity (Wildman–Crippen MR) is 63.2 cm³/mol. The lowest BCUT2D eigenvalue weighted by molar-refractivity contribution is -0.0940. The fourth-order valence-corrected chi connectivity index (χ4v) is 3.44. The molecule has 1 rings (SSSR count). The van der Waals surface area contributed by atoms with E-state index in [9.17, 15) is 0 Å². The number of hydrogen-bond acceptors (Lipinski definition) is 1. The van der Waals surface area contributed by atoms with Gasteiger partial charge in [0.1, 0.15) is 0 Å². The van der Waals surface area contributed by atoms with E-state index < -0.39 is 0 Å². The number of hydrogen-bond donors (Lipinski definition) is 1. The molecule has 0 aromatic heterocycles. The van der Waals surface area contributed by atoms with Crippen LogP contribution < -0.4 is 5.73 Å². The van der Waals surface area contributed by atoms with E-state index in [0.717, 1.165) is 12.8 Å². The van der Waals surface area contributed by atoms with Crippen LogP contribution in [0.1, 0.15) is 61.3 Å². The van der Waals surface area contributed by atoms with E-state index in [1.807, 2.05) is 0 Å². The molecule has 0 heterocycles. The molecule has 1 heteroatoms. The molecule has 0 bridgehead atoms. The van der Waals surface area contributed by atoms with Gasteiger partial charge in [0, 0.05) is 5.54 Å². The summed E-state index contributed by atoms with van der Waals surface area (Å²) in [6.45, 7) is 16.4. The van der Waals surface area contributed by atoms with Gasteiger partial charge in [0.05, 0.1) is 0 Å². The molecule has 0 aromatic rings. The van der Waals surface area contributed by atoms with Crippen molar-refractivity contribution < 1.29 is 0 Å². The van der Waals surface area contributed by atoms with Crippen LogP contribution in [0.4, 0.5) is 0 Å². The molecule has 0 saturated heterocycles. The molecule has 1 fully saturated rings. The van der Waals surface area contributed by atoms with Gasteiger partial charge in [-0.05, 0) is 36.0 Å². The summed E-state index contributed by atoms with van der Waals surface area (Å²) in [5.74, 6) is 0. The average Bonchev–Trinajstić information content (AvgIpc) is 1.77. The van der Waals surface area contributed by atoms with Gasteiger partial charge in [0.25, 0.3) is 0 Å². The molecule has 0 aliphatic heterocycles. The predicted octanol–water partition coefficient (Wildman–Crippen LogP) is 3.58. The Morgan fingerprint density at radius 1 is 0.714 bits per heavy atom. The second-order valence-corrected chi connectivity index (χ2v) is 7.40. The van der Waals surface area contributed by atoms with Gasteiger partial charge >= 0.3 is 0 Å². The largest absolute Gasteiger partial charge is 0.325 e. The molecule has 0 unspecified atom stereocenters. The summed E-state index contributed by atoms with van der Waals surface area (Å²) < 4.78 is 0. The fourth-order valence-electron chi connectivity index (χ4n) is 3.44. The summed E-state index contributed by atoms with van der Waals surface area (Å²) in [5.41, 5.74) is 7.33. The van der Waals surface area contributed by atoms with Gasteiger partial charge in [-0.15, -0.1) is 0 Å². The molecule has 1 aliphatic rings. The van der Waals surface area contributed by atoms with Crippen molar-refractivity contribution in [3.8, 4) is 0 Å². The third-order valence-electron chi connectivity index (χ3n) is 5.08. The summed E-state index contributed by atoms with van der Waals surface area (Å²) in [5, 5.41) is 0. The van der Waals surface area contributed by atoms with E-state index in [2.05, 4.69) is 48.5 Å². The molecule has 0 spiro atoms. The van der Waals surface area contributed by atoms with Crippen molar-refractivity contribution in [2.24, 2.45) is 22.0 Å². The van der Waals surface area contributed by atoms with Crippen molar-refractivity contribution in [1.29, 1.82) is 0 Å². The van der Waals surface area contributed by atoms with Gasteiger partial charge in [0.15, 0.2) is 0 Å². The fraction of sp³-hybridized carbons (Fsp3) is 1.00. The highest BCUT2D eigenvalue weighted by atomic mass is 14.8. The van der Waals surface area contributed by atoms with E-state index in [4.69, 9.17) is 5.73 Å². The molecule has 0 amide bonds. The molecular weight excluding hydrogens is 170 g/mol. The van der Waals surface area contributed by atoms with Gasteiger partial charge in [-0.3, -0.25) is 0 Å². The Labute approximate surface area is 89.5 Å². The molecule has 0 radical (unpaired) electrons. The van der Waals surface area contributed by atoms with Crippen LogP contribution in [0.25, 0.3) is 0 Å². The Hall–Kier alpha value is -0.0400. The average molecular weight is 197 g/mol. The van der Waals surface area contributed by atoms with E-state index in [1.54, 1.807) is 0 Å². The third-order valence-corrected chi connectivity index (χ3v) is 5.08. The first kappa shape index (κ1) is 12.0. The maximum atomic E-state index is 6.35. The van der Waals surface area contributed by atoms with Crippen molar-refractivity contribution in [3.05, 3.63) is 0 Å². The van der Waals surface area contributed by atoms with Crippen LogP contribution >= 0.6 is 0 Å². The van der Waals surface area contributed by atoms with Gasteiger partial charge < -0.3 is 5.73 Å². The zero-order valence-electron chi connectivity index (χ0n) is 11.0. The van der Waals surface area contributed by atoms with Crippen LogP contribution in [0, 0.1) is 16.2 Å². The molecule has 2 N–H and O–H groups in total. The van der Waals surface area contributed by atoms with Crippen molar-refractivity contribution in [2.75, 3.05) is 0 Å². The minimum absolute atomic E-state index is 0.00250. The zero-order valence-corrected chi connectivity index (χ0v) is 11.0. The van der Waals surface area contributed by atoms with Crippen LogP contribution in [0.3, 0.4) is 0 Å². The zero-order chi connectivity index (χ0) is 11.4. The lowest BCUT2D eigenvalue weighted by Crippen LogP contribution is -2.59. The van der Waals surface area contributed by atoms with E-state index in [-0.39, 0.29) is 5.54 Å². The highest BCUT2D eigenvalue weighted by Gasteiger charge is 2.55. The van der Waals surface area contributed by atoms with Gasteiger partial charge in [-0.25, -0.2) is 0 Å². The van der Waals surface area contributed by atoms with Crippen LogP contribution in [0.5, 0.6) is 0 Å². The monoisotopic (exact) mass is 197 g/mol. The SMILES string of the molecule is CC1(N)CC(C)(C)C(C)(C)C(C)(C)C1. The minimum Gasteiger partial charge on any atom is -0.325 e. The molecule has 1 saturated carbocycles. The Morgan fingerprint density at radius 3 is 1.29 bits per heavy atom. The summed E-state index contributed by atoms with van der Waals surface area (Å²) in [7, 11) is 0. The summed E-state index contributed by atoms with van der Waals surface area (Å²) in [6.07, 6.45) is 2.24. The minimum atomic E-state index is 0.00250. The topological polar surface area (TPSA) is 26.0 Å².